The molecule has 0 radical (unpaired) electrons. The lowest BCUT2D eigenvalue weighted by atomic mass is 9.97. The van der Waals surface area contributed by atoms with Gasteiger partial charge in [-0.15, -0.1) is 0 Å². The van der Waals surface area contributed by atoms with Crippen molar-refractivity contribution in [2.24, 2.45) is 0 Å². The number of anilines is 1. The van der Waals surface area contributed by atoms with Crippen LogP contribution in [0.3, 0.4) is 0 Å². The average Bonchev–Trinajstić information content (AvgIpc) is 3.18. The first kappa shape index (κ1) is 17.3. The van der Waals surface area contributed by atoms with E-state index in [9.17, 15) is 14.7 Å². The minimum absolute atomic E-state index is 0.0646. The summed E-state index contributed by atoms with van der Waals surface area (Å²) in [6.07, 6.45) is 4.28. The summed E-state index contributed by atoms with van der Waals surface area (Å²) in [5.41, 5.74) is 2.23. The predicted octanol–water partition coefficient (Wildman–Crippen LogP) is 4.19. The van der Waals surface area contributed by atoms with Crippen molar-refractivity contribution < 1.29 is 14.7 Å². The maximum Gasteiger partial charge on any atom is 0.242 e. The second kappa shape index (κ2) is 6.91. The molecule has 2 amide bonds. The number of para-hydroxylation sites is 3. The van der Waals surface area contributed by atoms with Crippen LogP contribution >= 0.6 is 0 Å². The van der Waals surface area contributed by atoms with E-state index < -0.39 is 5.92 Å². The van der Waals surface area contributed by atoms with Crippen LogP contribution in [-0.4, -0.2) is 21.5 Å². The highest BCUT2D eigenvalue weighted by atomic mass is 16.3. The predicted molar refractivity (Wildman–Crippen MR) is 105 cm³/mol. The van der Waals surface area contributed by atoms with E-state index in [0.717, 1.165) is 40.8 Å². The Balaban J connectivity index is 1.75. The quantitative estimate of drug-likeness (QED) is 0.692. The minimum atomic E-state index is -0.523. The second-order valence-electron chi connectivity index (χ2n) is 6.96. The smallest absolute Gasteiger partial charge is 0.242 e. The van der Waals surface area contributed by atoms with Gasteiger partial charge >= 0.3 is 0 Å². The van der Waals surface area contributed by atoms with Gasteiger partial charge in [0.05, 0.1) is 11.6 Å². The number of phenols is 1. The number of unbranched alkanes of at least 4 members (excludes halogenated alkanes) is 1. The summed E-state index contributed by atoms with van der Waals surface area (Å²) >= 11 is 0. The number of hydrogen-bond donors (Lipinski definition) is 1. The zero-order valence-electron chi connectivity index (χ0n) is 15.3. The van der Waals surface area contributed by atoms with Crippen molar-refractivity contribution in [2.45, 2.75) is 38.6 Å². The number of hydrogen-bond acceptors (Lipinski definition) is 3. The van der Waals surface area contributed by atoms with E-state index in [1.165, 1.54) is 6.07 Å². The van der Waals surface area contributed by atoms with Gasteiger partial charge in [-0.2, -0.15) is 0 Å². The molecule has 0 aliphatic carbocycles. The number of amides is 2. The molecular formula is C22H22N2O3. The summed E-state index contributed by atoms with van der Waals surface area (Å²) in [5.74, 6) is -1.15. The summed E-state index contributed by atoms with van der Waals surface area (Å²) in [6, 6.07) is 14.5. The Bertz CT molecular complexity index is 1020. The number of phenolic OH excluding ortho intramolecular Hbond substituents is 1. The van der Waals surface area contributed by atoms with Crippen molar-refractivity contribution in [1.82, 2.24) is 4.57 Å². The zero-order valence-corrected chi connectivity index (χ0v) is 15.3. The largest absolute Gasteiger partial charge is 0.506 e. The molecule has 1 aliphatic rings. The molecule has 27 heavy (non-hydrogen) atoms. The van der Waals surface area contributed by atoms with Crippen LogP contribution in [0, 0.1) is 0 Å². The van der Waals surface area contributed by atoms with Crippen LogP contribution in [0.5, 0.6) is 5.75 Å². The molecule has 0 bridgehead atoms. The Labute approximate surface area is 157 Å². The van der Waals surface area contributed by atoms with Crippen molar-refractivity contribution >= 4 is 28.4 Å². The van der Waals surface area contributed by atoms with Gasteiger partial charge in [-0.25, -0.2) is 4.90 Å². The average molecular weight is 362 g/mol. The fourth-order valence-corrected chi connectivity index (χ4v) is 3.85. The number of aromatic nitrogens is 1. The van der Waals surface area contributed by atoms with Crippen LogP contribution in [0.15, 0.2) is 54.7 Å². The summed E-state index contributed by atoms with van der Waals surface area (Å²) in [6.45, 7) is 3.03. The van der Waals surface area contributed by atoms with E-state index in [1.807, 2.05) is 24.4 Å². The van der Waals surface area contributed by atoms with Crippen LogP contribution in [0.1, 0.15) is 37.7 Å². The van der Waals surface area contributed by atoms with Crippen molar-refractivity contribution in [3.05, 3.63) is 60.3 Å². The molecule has 3 aromatic rings. The van der Waals surface area contributed by atoms with E-state index in [0.29, 0.717) is 0 Å². The number of carbonyl (C=O) groups is 2. The molecule has 1 atom stereocenters. The first-order chi connectivity index (χ1) is 13.1. The number of rotatable bonds is 5. The molecule has 0 saturated carbocycles. The summed E-state index contributed by atoms with van der Waals surface area (Å²) in [7, 11) is 0. The van der Waals surface area contributed by atoms with Crippen LogP contribution in [0.2, 0.25) is 0 Å². The molecule has 4 rings (SSSR count). The van der Waals surface area contributed by atoms with Gasteiger partial charge in [0.25, 0.3) is 0 Å². The number of imide groups is 1. The van der Waals surface area contributed by atoms with Gasteiger partial charge in [0.15, 0.2) is 0 Å². The van der Waals surface area contributed by atoms with Gasteiger partial charge in [0.2, 0.25) is 11.8 Å². The van der Waals surface area contributed by atoms with Crippen LogP contribution in [0.25, 0.3) is 10.9 Å². The molecule has 1 N–H and O–H groups in total. The lowest BCUT2D eigenvalue weighted by Crippen LogP contribution is -2.30. The number of carbonyl (C=O) groups excluding carboxylic acids is 2. The van der Waals surface area contributed by atoms with Crippen molar-refractivity contribution in [1.29, 1.82) is 0 Å². The highest BCUT2D eigenvalue weighted by Crippen LogP contribution is 2.39. The van der Waals surface area contributed by atoms with Crippen molar-refractivity contribution in [2.75, 3.05) is 4.90 Å². The molecule has 0 spiro atoms. The lowest BCUT2D eigenvalue weighted by Gasteiger charge is -2.16. The molecule has 1 aromatic heterocycles. The number of aryl methyl sites for hydroxylation is 1. The third-order valence-corrected chi connectivity index (χ3v) is 5.22. The molecule has 1 aliphatic heterocycles. The standard InChI is InChI=1S/C22H22N2O3/c1-2-3-12-23-14-17(15-8-4-5-9-18(15)23)16-13-21(26)24(22(16)27)19-10-6-7-11-20(19)25/h4-11,14,16,25H,2-3,12-13H2,1H3. The SMILES string of the molecule is CCCCn1cc(C2CC(=O)N(c3ccccc3O)C2=O)c2ccccc21. The number of benzene rings is 2. The van der Waals surface area contributed by atoms with Crippen LogP contribution in [0.4, 0.5) is 5.69 Å². The monoisotopic (exact) mass is 362 g/mol. The number of fused-ring (bicyclic) bond motifs is 1. The Kier molecular flexibility index (Phi) is 4.44. The normalized spacial score (nSPS) is 17.2. The molecule has 1 fully saturated rings. The van der Waals surface area contributed by atoms with Gasteiger partial charge in [-0.1, -0.05) is 43.7 Å². The molecule has 2 aromatic carbocycles. The summed E-state index contributed by atoms with van der Waals surface area (Å²) in [5, 5.41) is 11.1. The number of aromatic hydroxyl groups is 1. The Morgan fingerprint density at radius 3 is 2.59 bits per heavy atom. The van der Waals surface area contributed by atoms with E-state index >= 15 is 0 Å². The van der Waals surface area contributed by atoms with E-state index in [1.54, 1.807) is 18.2 Å². The molecule has 5 heteroatoms. The Morgan fingerprint density at radius 2 is 1.81 bits per heavy atom. The molecule has 2 heterocycles. The highest BCUT2D eigenvalue weighted by Gasteiger charge is 2.42. The maximum atomic E-state index is 13.1. The Hall–Kier alpha value is -3.08. The Morgan fingerprint density at radius 1 is 1.07 bits per heavy atom. The highest BCUT2D eigenvalue weighted by molar-refractivity contribution is 6.24. The molecule has 5 nitrogen and oxygen atoms in total. The van der Waals surface area contributed by atoms with Crippen molar-refractivity contribution in [3.63, 3.8) is 0 Å². The van der Waals surface area contributed by atoms with Gasteiger partial charge in [0, 0.05) is 30.1 Å². The molecule has 1 unspecified atom stereocenters. The van der Waals surface area contributed by atoms with Crippen LogP contribution in [-0.2, 0) is 16.1 Å². The van der Waals surface area contributed by atoms with Gasteiger partial charge < -0.3 is 9.67 Å². The number of nitrogens with zero attached hydrogens (tertiary/aromatic N) is 2. The lowest BCUT2D eigenvalue weighted by molar-refractivity contribution is -0.121. The van der Waals surface area contributed by atoms with Crippen LogP contribution < -0.4 is 4.90 Å². The fraction of sp³-hybridized carbons (Fsp3) is 0.273. The third-order valence-electron chi connectivity index (χ3n) is 5.22. The van der Waals surface area contributed by atoms with Gasteiger partial charge in [-0.05, 0) is 30.2 Å². The third kappa shape index (κ3) is 2.89. The maximum absolute atomic E-state index is 13.1. The summed E-state index contributed by atoms with van der Waals surface area (Å²) < 4.78 is 2.18. The van der Waals surface area contributed by atoms with E-state index in [-0.39, 0.29) is 29.7 Å². The fourth-order valence-electron chi connectivity index (χ4n) is 3.85. The van der Waals surface area contributed by atoms with Gasteiger partial charge in [0.1, 0.15) is 5.75 Å². The first-order valence-electron chi connectivity index (χ1n) is 9.34. The second-order valence-corrected chi connectivity index (χ2v) is 6.96. The zero-order chi connectivity index (χ0) is 19.0. The van der Waals surface area contributed by atoms with Crippen molar-refractivity contribution in [3.8, 4) is 5.75 Å². The molecule has 1 saturated heterocycles. The van der Waals surface area contributed by atoms with E-state index in [4.69, 9.17) is 0 Å². The first-order valence-corrected chi connectivity index (χ1v) is 9.34. The summed E-state index contributed by atoms with van der Waals surface area (Å²) in [4.78, 5) is 26.9. The minimum Gasteiger partial charge on any atom is -0.506 e. The van der Waals surface area contributed by atoms with Gasteiger partial charge in [-0.3, -0.25) is 9.59 Å². The molecular weight excluding hydrogens is 340 g/mol. The molecule has 138 valence electrons. The topological polar surface area (TPSA) is 62.5 Å². The van der Waals surface area contributed by atoms with E-state index in [2.05, 4.69) is 17.6 Å².